The molecular formula is C14H16Cl2N8O2. The van der Waals surface area contributed by atoms with Crippen LogP contribution in [0.5, 0.6) is 0 Å². The van der Waals surface area contributed by atoms with Crippen molar-refractivity contribution in [2.45, 2.75) is 13.1 Å². The minimum atomic E-state index is 0. The number of rotatable bonds is 6. The number of hydrogen-bond acceptors (Lipinski definition) is 8. The molecule has 0 aliphatic rings. The van der Waals surface area contributed by atoms with Crippen molar-refractivity contribution in [3.8, 4) is 0 Å². The number of nitrogens with zero attached hydrogens (tertiary/aromatic N) is 6. The lowest BCUT2D eigenvalue weighted by atomic mass is 10.1. The third-order valence-electron chi connectivity index (χ3n) is 3.60. The minimum Gasteiger partial charge on any atom is -0.382 e. The number of halogens is 2. The van der Waals surface area contributed by atoms with Gasteiger partial charge >= 0.3 is 0 Å². The summed E-state index contributed by atoms with van der Waals surface area (Å²) in [5, 5.41) is 13.6. The summed E-state index contributed by atoms with van der Waals surface area (Å²) in [6.07, 6.45) is 2.66. The molecule has 0 unspecified atom stereocenters. The lowest BCUT2D eigenvalue weighted by molar-refractivity contribution is 0.689. The van der Waals surface area contributed by atoms with Crippen LogP contribution in [-0.4, -0.2) is 19.6 Å². The Labute approximate surface area is 160 Å². The van der Waals surface area contributed by atoms with Crippen molar-refractivity contribution < 1.29 is 0 Å². The quantitative estimate of drug-likeness (QED) is 0.609. The van der Waals surface area contributed by atoms with Crippen molar-refractivity contribution >= 4 is 47.8 Å². The van der Waals surface area contributed by atoms with E-state index in [1.165, 1.54) is 21.8 Å². The summed E-state index contributed by atoms with van der Waals surface area (Å²) >= 11 is 0. The summed E-state index contributed by atoms with van der Waals surface area (Å²) in [4.78, 5) is 21.1. The van der Waals surface area contributed by atoms with Crippen molar-refractivity contribution in [2.24, 2.45) is 10.4 Å². The van der Waals surface area contributed by atoms with Gasteiger partial charge in [-0.05, 0) is 21.5 Å². The summed E-state index contributed by atoms with van der Waals surface area (Å²) < 4.78 is 3.00. The number of aromatic nitrogens is 4. The molecule has 1 aromatic carbocycles. The van der Waals surface area contributed by atoms with Crippen molar-refractivity contribution in [3.63, 3.8) is 0 Å². The molecule has 0 aliphatic heterocycles. The van der Waals surface area contributed by atoms with Gasteiger partial charge in [0.05, 0.1) is 25.5 Å². The summed E-state index contributed by atoms with van der Waals surface area (Å²) in [6.45, 7) is 0.843. The van der Waals surface area contributed by atoms with Crippen LogP contribution in [0.2, 0.25) is 0 Å². The molecule has 0 amide bonds. The third kappa shape index (κ3) is 4.16. The van der Waals surface area contributed by atoms with Crippen LogP contribution in [0.3, 0.4) is 0 Å². The zero-order valence-corrected chi connectivity index (χ0v) is 15.0. The van der Waals surface area contributed by atoms with Gasteiger partial charge in [-0.1, -0.05) is 24.3 Å². The molecule has 0 spiro atoms. The molecule has 2 aromatic heterocycles. The standard InChI is InChI=1S/C14H14N8O2.2ClH/c15-13-11(19-23)5-17-21(13)7-9-1-2-10(4-3-9)8-22-14(16)12(20-24)6-18-22;;/h1-6H,7-8,15-16H2;2*1H. The van der Waals surface area contributed by atoms with E-state index in [9.17, 15) is 9.81 Å². The molecule has 4 N–H and O–H groups in total. The van der Waals surface area contributed by atoms with Gasteiger partial charge in [-0.3, -0.25) is 0 Å². The number of benzene rings is 1. The van der Waals surface area contributed by atoms with Gasteiger partial charge in [-0.2, -0.15) is 10.2 Å². The van der Waals surface area contributed by atoms with Crippen molar-refractivity contribution in [1.29, 1.82) is 0 Å². The molecule has 3 rings (SSSR count). The fraction of sp³-hybridized carbons (Fsp3) is 0.143. The van der Waals surface area contributed by atoms with Gasteiger partial charge in [-0.15, -0.1) is 34.6 Å². The summed E-state index contributed by atoms with van der Waals surface area (Å²) in [5.74, 6) is 0.458. The van der Waals surface area contributed by atoms with Crippen LogP contribution in [0.25, 0.3) is 0 Å². The van der Waals surface area contributed by atoms with Crippen molar-refractivity contribution in [1.82, 2.24) is 19.6 Å². The predicted molar refractivity (Wildman–Crippen MR) is 103 cm³/mol. The topological polar surface area (TPSA) is 147 Å². The van der Waals surface area contributed by atoms with Crippen molar-refractivity contribution in [2.75, 3.05) is 11.5 Å². The van der Waals surface area contributed by atoms with Crippen LogP contribution in [0.4, 0.5) is 23.0 Å². The first-order chi connectivity index (χ1) is 11.6. The molecule has 12 heteroatoms. The summed E-state index contributed by atoms with van der Waals surface area (Å²) in [6, 6.07) is 7.62. The fourth-order valence-electron chi connectivity index (χ4n) is 2.26. The maximum Gasteiger partial charge on any atom is 0.169 e. The number of hydrogen-bond donors (Lipinski definition) is 2. The lowest BCUT2D eigenvalue weighted by Gasteiger charge is -2.07. The molecule has 3 aromatic rings. The van der Waals surface area contributed by atoms with E-state index in [1.807, 2.05) is 24.3 Å². The zero-order chi connectivity index (χ0) is 17.1. The fourth-order valence-corrected chi connectivity index (χ4v) is 2.26. The smallest absolute Gasteiger partial charge is 0.169 e. The number of nitrogens with two attached hydrogens (primary N) is 2. The Morgan fingerprint density at radius 1 is 0.769 bits per heavy atom. The normalized spacial score (nSPS) is 9.85. The monoisotopic (exact) mass is 398 g/mol. The van der Waals surface area contributed by atoms with Crippen molar-refractivity contribution in [3.05, 3.63) is 57.6 Å². The number of nitrogen functional groups attached to an aromatic ring is 2. The maximum atomic E-state index is 10.5. The van der Waals surface area contributed by atoms with E-state index in [4.69, 9.17) is 11.5 Å². The van der Waals surface area contributed by atoms with E-state index >= 15 is 0 Å². The van der Waals surface area contributed by atoms with Gasteiger partial charge in [0.2, 0.25) is 0 Å². The Kier molecular flexibility index (Phi) is 7.23. The summed E-state index contributed by atoms with van der Waals surface area (Å²) in [7, 11) is 0. The summed E-state index contributed by atoms with van der Waals surface area (Å²) in [5.41, 5.74) is 13.7. The van der Waals surface area contributed by atoms with Gasteiger partial charge in [0.1, 0.15) is 0 Å². The molecule has 0 fully saturated rings. The lowest BCUT2D eigenvalue weighted by Crippen LogP contribution is -2.07. The number of nitroso groups, excluding NO2 is 2. The first-order valence-electron chi connectivity index (χ1n) is 6.99. The molecule has 138 valence electrons. The van der Waals surface area contributed by atoms with Crippen LogP contribution in [0, 0.1) is 9.81 Å². The molecule has 10 nitrogen and oxygen atoms in total. The minimum absolute atomic E-state index is 0. The maximum absolute atomic E-state index is 10.5. The zero-order valence-electron chi connectivity index (χ0n) is 13.3. The van der Waals surface area contributed by atoms with E-state index in [-0.39, 0.29) is 47.8 Å². The molecule has 0 radical (unpaired) electrons. The highest BCUT2D eigenvalue weighted by molar-refractivity contribution is 5.85. The van der Waals surface area contributed by atoms with E-state index in [1.54, 1.807) is 0 Å². The largest absolute Gasteiger partial charge is 0.382 e. The van der Waals surface area contributed by atoms with Gasteiger partial charge in [0.15, 0.2) is 23.0 Å². The van der Waals surface area contributed by atoms with Crippen LogP contribution < -0.4 is 11.5 Å². The molecule has 26 heavy (non-hydrogen) atoms. The van der Waals surface area contributed by atoms with Gasteiger partial charge in [0, 0.05) is 0 Å². The Morgan fingerprint density at radius 2 is 1.12 bits per heavy atom. The first kappa shape index (κ1) is 21.1. The highest BCUT2D eigenvalue weighted by atomic mass is 35.5. The second kappa shape index (κ2) is 8.92. The van der Waals surface area contributed by atoms with Crippen LogP contribution in [-0.2, 0) is 13.1 Å². The van der Waals surface area contributed by atoms with E-state index in [2.05, 4.69) is 20.6 Å². The highest BCUT2D eigenvalue weighted by Gasteiger charge is 2.09. The average molecular weight is 399 g/mol. The van der Waals surface area contributed by atoms with E-state index in [0.29, 0.717) is 13.1 Å². The SMILES string of the molecule is Cl.Cl.Nc1c(N=O)cnn1Cc1ccc(Cn2ncc(N=O)c2N)cc1. The van der Waals surface area contributed by atoms with Crippen LogP contribution in [0.15, 0.2) is 47.0 Å². The predicted octanol–water partition coefficient (Wildman–Crippen LogP) is 2.98. The van der Waals surface area contributed by atoms with Gasteiger partial charge < -0.3 is 11.5 Å². The second-order valence-electron chi connectivity index (χ2n) is 5.14. The van der Waals surface area contributed by atoms with E-state index in [0.717, 1.165) is 11.1 Å². The highest BCUT2D eigenvalue weighted by Crippen LogP contribution is 2.22. The van der Waals surface area contributed by atoms with Crippen LogP contribution in [0.1, 0.15) is 11.1 Å². The first-order valence-corrected chi connectivity index (χ1v) is 6.99. The third-order valence-corrected chi connectivity index (χ3v) is 3.60. The molecule has 0 saturated carbocycles. The molecule has 0 bridgehead atoms. The Balaban J connectivity index is 0.00000169. The Bertz CT molecular complexity index is 818. The Morgan fingerprint density at radius 3 is 1.38 bits per heavy atom. The number of anilines is 2. The van der Waals surface area contributed by atoms with Gasteiger partial charge in [0.25, 0.3) is 0 Å². The molecule has 0 atom stereocenters. The Hall–Kier alpha value is -2.98. The average Bonchev–Trinajstić information content (AvgIpc) is 3.13. The van der Waals surface area contributed by atoms with Crippen LogP contribution >= 0.6 is 24.8 Å². The molecule has 2 heterocycles. The molecule has 0 saturated heterocycles. The molecular weight excluding hydrogens is 383 g/mol. The van der Waals surface area contributed by atoms with Gasteiger partial charge in [-0.25, -0.2) is 9.36 Å². The molecule has 0 aliphatic carbocycles. The van der Waals surface area contributed by atoms with E-state index < -0.39 is 0 Å². The second-order valence-corrected chi connectivity index (χ2v) is 5.14.